The number of esters is 2. The van der Waals surface area contributed by atoms with Crippen molar-refractivity contribution in [1.29, 1.82) is 0 Å². The smallest absolute Gasteiger partial charge is 0.320 e. The number of ether oxygens (including phenoxy) is 2. The second-order valence-electron chi connectivity index (χ2n) is 3.99. The number of carbonyl (C=O) groups excluding carboxylic acids is 2. The van der Waals surface area contributed by atoms with E-state index in [0.29, 0.717) is 6.42 Å². The molecular weight excluding hydrogens is 184 g/mol. The largest absolute Gasteiger partial charge is 0.393 e. The average Bonchev–Trinajstić information content (AvgIpc) is 2.78. The molecule has 0 N–H and O–H groups in total. The molecule has 3 aliphatic heterocycles. The zero-order valence-corrected chi connectivity index (χ0v) is 7.73. The first-order valence-electron chi connectivity index (χ1n) is 4.81. The van der Waals surface area contributed by atoms with Crippen LogP contribution >= 0.6 is 0 Å². The molecule has 0 aromatic heterocycles. The Labute approximate surface area is 80.9 Å². The average molecular weight is 194 g/mol. The van der Waals surface area contributed by atoms with E-state index in [-0.39, 0.29) is 6.10 Å². The molecule has 3 rings (SSSR count). The summed E-state index contributed by atoms with van der Waals surface area (Å²) in [5.74, 6) is -1.65. The first kappa shape index (κ1) is 8.17. The number of fused-ring (bicyclic) bond motifs is 5. The second-order valence-corrected chi connectivity index (χ2v) is 3.99. The van der Waals surface area contributed by atoms with Crippen LogP contribution in [0.4, 0.5) is 0 Å². The second kappa shape index (κ2) is 2.25. The monoisotopic (exact) mass is 194 g/mol. The van der Waals surface area contributed by atoms with Crippen LogP contribution in [0.15, 0.2) is 12.2 Å². The SMILES string of the molecule is CC[C@@]12C=C[C@@H](O1)C1C(=O)OC(=O)C12. The molecule has 0 aliphatic carbocycles. The lowest BCUT2D eigenvalue weighted by Gasteiger charge is -2.24. The summed E-state index contributed by atoms with van der Waals surface area (Å²) in [5.41, 5.74) is -0.571. The molecular formula is C10H10O4. The number of cyclic esters (lactones) is 2. The molecule has 4 nitrogen and oxygen atoms in total. The molecule has 0 aromatic rings. The van der Waals surface area contributed by atoms with Gasteiger partial charge in [0, 0.05) is 0 Å². The molecule has 4 atom stereocenters. The van der Waals surface area contributed by atoms with Gasteiger partial charge in [0.05, 0.1) is 6.10 Å². The van der Waals surface area contributed by atoms with E-state index < -0.39 is 29.4 Å². The summed E-state index contributed by atoms with van der Waals surface area (Å²) in [6.07, 6.45) is 4.21. The Hall–Kier alpha value is -1.16. The van der Waals surface area contributed by atoms with Crippen molar-refractivity contribution in [2.24, 2.45) is 11.8 Å². The summed E-state index contributed by atoms with van der Waals surface area (Å²) in [4.78, 5) is 22.8. The number of rotatable bonds is 1. The van der Waals surface area contributed by atoms with Gasteiger partial charge < -0.3 is 9.47 Å². The minimum absolute atomic E-state index is 0.251. The van der Waals surface area contributed by atoms with Crippen molar-refractivity contribution >= 4 is 11.9 Å². The lowest BCUT2D eigenvalue weighted by atomic mass is 9.76. The zero-order chi connectivity index (χ0) is 9.92. The van der Waals surface area contributed by atoms with Gasteiger partial charge in [-0.2, -0.15) is 0 Å². The van der Waals surface area contributed by atoms with Crippen LogP contribution in [0.25, 0.3) is 0 Å². The van der Waals surface area contributed by atoms with Gasteiger partial charge in [-0.1, -0.05) is 19.1 Å². The Morgan fingerprint density at radius 3 is 2.93 bits per heavy atom. The fraction of sp³-hybridized carbons (Fsp3) is 0.600. The van der Waals surface area contributed by atoms with E-state index in [1.54, 1.807) is 0 Å². The van der Waals surface area contributed by atoms with Gasteiger partial charge in [-0.05, 0) is 6.42 Å². The zero-order valence-electron chi connectivity index (χ0n) is 7.73. The third-order valence-corrected chi connectivity index (χ3v) is 3.44. The van der Waals surface area contributed by atoms with Crippen LogP contribution < -0.4 is 0 Å². The van der Waals surface area contributed by atoms with Crippen LogP contribution in [-0.2, 0) is 19.1 Å². The van der Waals surface area contributed by atoms with Crippen molar-refractivity contribution in [3.8, 4) is 0 Å². The molecule has 3 aliphatic rings. The maximum Gasteiger partial charge on any atom is 0.320 e. The standard InChI is InChI=1S/C10H10O4/c1-2-10-4-3-5(14-10)6-7(10)9(12)13-8(6)11/h3-7H,2H2,1H3/t5-,6?,7?,10+/m1/s1. The molecule has 2 saturated heterocycles. The van der Waals surface area contributed by atoms with Crippen molar-refractivity contribution < 1.29 is 19.1 Å². The van der Waals surface area contributed by atoms with Crippen molar-refractivity contribution in [2.75, 3.05) is 0 Å². The molecule has 2 fully saturated rings. The summed E-state index contributed by atoms with van der Waals surface area (Å²) in [6, 6.07) is 0. The van der Waals surface area contributed by atoms with Crippen LogP contribution in [0, 0.1) is 11.8 Å². The van der Waals surface area contributed by atoms with Crippen molar-refractivity contribution in [2.45, 2.75) is 25.0 Å². The fourth-order valence-corrected chi connectivity index (χ4v) is 2.72. The highest BCUT2D eigenvalue weighted by Crippen LogP contribution is 2.52. The quantitative estimate of drug-likeness (QED) is 0.345. The van der Waals surface area contributed by atoms with Gasteiger partial charge >= 0.3 is 11.9 Å². The van der Waals surface area contributed by atoms with Gasteiger partial charge in [0.25, 0.3) is 0 Å². The highest BCUT2D eigenvalue weighted by Gasteiger charge is 2.66. The van der Waals surface area contributed by atoms with Crippen LogP contribution in [0.1, 0.15) is 13.3 Å². The summed E-state index contributed by atoms with van der Waals surface area (Å²) < 4.78 is 10.3. The summed E-state index contributed by atoms with van der Waals surface area (Å²) in [5, 5.41) is 0. The summed E-state index contributed by atoms with van der Waals surface area (Å²) in [6.45, 7) is 1.95. The Kier molecular flexibility index (Phi) is 1.32. The predicted octanol–water partition coefficient (Wildman–Crippen LogP) is 0.420. The van der Waals surface area contributed by atoms with Crippen molar-refractivity contribution in [1.82, 2.24) is 0 Å². The van der Waals surface area contributed by atoms with E-state index in [1.807, 2.05) is 19.1 Å². The summed E-state index contributed by atoms with van der Waals surface area (Å²) in [7, 11) is 0. The summed E-state index contributed by atoms with van der Waals surface area (Å²) >= 11 is 0. The van der Waals surface area contributed by atoms with E-state index in [4.69, 9.17) is 4.74 Å². The molecule has 0 aromatic carbocycles. The molecule has 0 saturated carbocycles. The first-order chi connectivity index (χ1) is 6.68. The molecule has 2 unspecified atom stereocenters. The minimum Gasteiger partial charge on any atom is -0.393 e. The molecule has 3 heterocycles. The molecule has 4 heteroatoms. The normalized spacial score (nSPS) is 48.5. The van der Waals surface area contributed by atoms with Gasteiger partial charge in [0.1, 0.15) is 17.4 Å². The third-order valence-electron chi connectivity index (χ3n) is 3.44. The van der Waals surface area contributed by atoms with E-state index in [9.17, 15) is 9.59 Å². The maximum absolute atomic E-state index is 11.5. The molecule has 0 radical (unpaired) electrons. The van der Waals surface area contributed by atoms with E-state index >= 15 is 0 Å². The molecule has 74 valence electrons. The van der Waals surface area contributed by atoms with Crippen LogP contribution in [0.5, 0.6) is 0 Å². The minimum atomic E-state index is -0.571. The third kappa shape index (κ3) is 0.696. The Morgan fingerprint density at radius 2 is 2.21 bits per heavy atom. The van der Waals surface area contributed by atoms with Crippen LogP contribution in [0.2, 0.25) is 0 Å². The highest BCUT2D eigenvalue weighted by molar-refractivity contribution is 5.99. The fourth-order valence-electron chi connectivity index (χ4n) is 2.72. The van der Waals surface area contributed by atoms with Crippen LogP contribution in [-0.4, -0.2) is 23.6 Å². The van der Waals surface area contributed by atoms with Gasteiger partial charge in [-0.15, -0.1) is 0 Å². The van der Waals surface area contributed by atoms with Crippen LogP contribution in [0.3, 0.4) is 0 Å². The van der Waals surface area contributed by atoms with E-state index in [0.717, 1.165) is 0 Å². The number of hydrogen-bond acceptors (Lipinski definition) is 4. The number of hydrogen-bond donors (Lipinski definition) is 0. The Bertz CT molecular complexity index is 359. The maximum atomic E-state index is 11.5. The predicted molar refractivity (Wildman–Crippen MR) is 45.1 cm³/mol. The molecule has 14 heavy (non-hydrogen) atoms. The molecule has 0 amide bonds. The van der Waals surface area contributed by atoms with Crippen molar-refractivity contribution in [3.63, 3.8) is 0 Å². The molecule has 2 bridgehead atoms. The van der Waals surface area contributed by atoms with Gasteiger partial charge in [-0.25, -0.2) is 0 Å². The lowest BCUT2D eigenvalue weighted by Crippen LogP contribution is -2.37. The highest BCUT2D eigenvalue weighted by atomic mass is 16.6. The van der Waals surface area contributed by atoms with E-state index in [1.165, 1.54) is 0 Å². The van der Waals surface area contributed by atoms with Gasteiger partial charge in [-0.3, -0.25) is 9.59 Å². The van der Waals surface area contributed by atoms with E-state index in [2.05, 4.69) is 4.74 Å². The first-order valence-corrected chi connectivity index (χ1v) is 4.81. The molecule has 0 spiro atoms. The number of carbonyl (C=O) groups is 2. The lowest BCUT2D eigenvalue weighted by molar-refractivity contribution is -0.158. The Balaban J connectivity index is 2.10. The van der Waals surface area contributed by atoms with Crippen molar-refractivity contribution in [3.05, 3.63) is 12.2 Å². The van der Waals surface area contributed by atoms with Gasteiger partial charge in [0.15, 0.2) is 0 Å². The van der Waals surface area contributed by atoms with Gasteiger partial charge in [0.2, 0.25) is 0 Å². The Morgan fingerprint density at radius 1 is 1.43 bits per heavy atom. The topological polar surface area (TPSA) is 52.6 Å².